The smallest absolute Gasteiger partial charge is 0.231 e. The van der Waals surface area contributed by atoms with Crippen molar-refractivity contribution in [2.75, 3.05) is 30.9 Å². The van der Waals surface area contributed by atoms with Crippen molar-refractivity contribution in [1.29, 1.82) is 0 Å². The Kier molecular flexibility index (Phi) is 4.37. The number of pyridine rings is 1. The minimum Gasteiger partial charge on any atom is -0.378 e. The van der Waals surface area contributed by atoms with E-state index in [0.717, 1.165) is 25.1 Å². The van der Waals surface area contributed by atoms with E-state index < -0.39 is 0 Å². The van der Waals surface area contributed by atoms with Crippen LogP contribution in [0.4, 0.5) is 11.5 Å². The lowest BCUT2D eigenvalue weighted by Crippen LogP contribution is -2.36. The lowest BCUT2D eigenvalue weighted by atomic mass is 9.94. The van der Waals surface area contributed by atoms with E-state index in [4.69, 9.17) is 4.74 Å². The summed E-state index contributed by atoms with van der Waals surface area (Å²) in [5.41, 5.74) is 1.01. The molecule has 0 bridgehead atoms. The standard InChI is InChI=1S/C14H21N3O2/c1-10-12(5-4-8-19-10)14(18)16-13-7-6-11(9-15-13)17(2)3/h6-7,9-10,12H,4-5,8H2,1-3H3,(H,15,16,18)/t10-,12+/m0/s1. The van der Waals surface area contributed by atoms with Gasteiger partial charge in [0.15, 0.2) is 0 Å². The number of anilines is 2. The lowest BCUT2D eigenvalue weighted by Gasteiger charge is -2.27. The number of hydrogen-bond donors (Lipinski definition) is 1. The van der Waals surface area contributed by atoms with Gasteiger partial charge in [0.2, 0.25) is 5.91 Å². The Morgan fingerprint density at radius 3 is 2.84 bits per heavy atom. The van der Waals surface area contributed by atoms with Crippen molar-refractivity contribution < 1.29 is 9.53 Å². The van der Waals surface area contributed by atoms with Gasteiger partial charge in [0.1, 0.15) is 5.82 Å². The highest BCUT2D eigenvalue weighted by Gasteiger charge is 2.28. The molecule has 1 aliphatic heterocycles. The second-order valence-corrected chi connectivity index (χ2v) is 5.11. The molecule has 2 heterocycles. The highest BCUT2D eigenvalue weighted by Crippen LogP contribution is 2.22. The third kappa shape index (κ3) is 3.44. The van der Waals surface area contributed by atoms with E-state index in [1.54, 1.807) is 6.20 Å². The molecule has 0 saturated carbocycles. The van der Waals surface area contributed by atoms with E-state index in [9.17, 15) is 4.79 Å². The summed E-state index contributed by atoms with van der Waals surface area (Å²) < 4.78 is 5.51. The molecule has 19 heavy (non-hydrogen) atoms. The van der Waals surface area contributed by atoms with Gasteiger partial charge in [-0.3, -0.25) is 4.79 Å². The number of aromatic nitrogens is 1. The normalized spacial score (nSPS) is 22.9. The van der Waals surface area contributed by atoms with Gasteiger partial charge in [0.25, 0.3) is 0 Å². The predicted octanol–water partition coefficient (Wildman–Crippen LogP) is 1.90. The molecule has 5 nitrogen and oxygen atoms in total. The Labute approximate surface area is 114 Å². The minimum absolute atomic E-state index is 0.00250. The zero-order valence-electron chi connectivity index (χ0n) is 11.7. The molecule has 0 aromatic carbocycles. The van der Waals surface area contributed by atoms with Gasteiger partial charge in [-0.15, -0.1) is 0 Å². The van der Waals surface area contributed by atoms with Crippen LogP contribution in [-0.2, 0) is 9.53 Å². The Bertz CT molecular complexity index is 431. The van der Waals surface area contributed by atoms with E-state index in [0.29, 0.717) is 5.82 Å². The number of nitrogens with zero attached hydrogens (tertiary/aromatic N) is 2. The van der Waals surface area contributed by atoms with Gasteiger partial charge in [-0.1, -0.05) is 0 Å². The van der Waals surface area contributed by atoms with Crippen molar-refractivity contribution >= 4 is 17.4 Å². The third-order valence-corrected chi connectivity index (χ3v) is 3.46. The maximum atomic E-state index is 12.2. The van der Waals surface area contributed by atoms with Gasteiger partial charge >= 0.3 is 0 Å². The molecule has 0 spiro atoms. The predicted molar refractivity (Wildman–Crippen MR) is 75.3 cm³/mol. The van der Waals surface area contributed by atoms with Crippen LogP contribution >= 0.6 is 0 Å². The molecule has 0 aliphatic carbocycles. The van der Waals surface area contributed by atoms with E-state index >= 15 is 0 Å². The van der Waals surface area contributed by atoms with Crippen LogP contribution in [0.25, 0.3) is 0 Å². The topological polar surface area (TPSA) is 54.5 Å². The van der Waals surface area contributed by atoms with Crippen LogP contribution in [0, 0.1) is 5.92 Å². The first-order valence-electron chi connectivity index (χ1n) is 6.64. The van der Waals surface area contributed by atoms with E-state index in [2.05, 4.69) is 10.3 Å². The maximum Gasteiger partial charge on any atom is 0.231 e. The number of hydrogen-bond acceptors (Lipinski definition) is 4. The molecule has 1 amide bonds. The molecular formula is C14H21N3O2. The lowest BCUT2D eigenvalue weighted by molar-refractivity contribution is -0.127. The highest BCUT2D eigenvalue weighted by atomic mass is 16.5. The van der Waals surface area contributed by atoms with E-state index in [1.165, 1.54) is 0 Å². The van der Waals surface area contributed by atoms with Crippen molar-refractivity contribution in [2.24, 2.45) is 5.92 Å². The number of amides is 1. The molecule has 0 unspecified atom stereocenters. The van der Waals surface area contributed by atoms with Crippen molar-refractivity contribution in [3.8, 4) is 0 Å². The molecule has 1 aliphatic rings. The summed E-state index contributed by atoms with van der Waals surface area (Å²) in [6.45, 7) is 2.70. The Morgan fingerprint density at radius 2 is 2.26 bits per heavy atom. The first kappa shape index (κ1) is 13.8. The average Bonchev–Trinajstić information content (AvgIpc) is 2.39. The monoisotopic (exact) mass is 263 g/mol. The minimum atomic E-state index is -0.0796. The summed E-state index contributed by atoms with van der Waals surface area (Å²) in [6.07, 6.45) is 3.55. The summed E-state index contributed by atoms with van der Waals surface area (Å²) in [4.78, 5) is 18.4. The van der Waals surface area contributed by atoms with Crippen molar-refractivity contribution in [3.63, 3.8) is 0 Å². The number of ether oxygens (including phenoxy) is 1. The van der Waals surface area contributed by atoms with Gasteiger partial charge in [-0.05, 0) is 31.9 Å². The molecule has 1 fully saturated rings. The van der Waals surface area contributed by atoms with Gasteiger partial charge in [-0.2, -0.15) is 0 Å². The fourth-order valence-corrected chi connectivity index (χ4v) is 2.21. The van der Waals surface area contributed by atoms with E-state index in [1.807, 2.05) is 38.1 Å². The summed E-state index contributed by atoms with van der Waals surface area (Å²) in [7, 11) is 3.91. The van der Waals surface area contributed by atoms with Crippen LogP contribution in [0.15, 0.2) is 18.3 Å². The van der Waals surface area contributed by atoms with Crippen LogP contribution in [0.5, 0.6) is 0 Å². The number of rotatable bonds is 3. The first-order chi connectivity index (χ1) is 9.08. The van der Waals surface area contributed by atoms with E-state index in [-0.39, 0.29) is 17.9 Å². The van der Waals surface area contributed by atoms with Crippen LogP contribution in [0.1, 0.15) is 19.8 Å². The Morgan fingerprint density at radius 1 is 1.47 bits per heavy atom. The number of nitrogens with one attached hydrogen (secondary N) is 1. The van der Waals surface area contributed by atoms with Gasteiger partial charge in [-0.25, -0.2) is 4.98 Å². The fraction of sp³-hybridized carbons (Fsp3) is 0.571. The number of carbonyl (C=O) groups is 1. The molecule has 0 radical (unpaired) electrons. The zero-order valence-corrected chi connectivity index (χ0v) is 11.7. The maximum absolute atomic E-state index is 12.2. The summed E-state index contributed by atoms with van der Waals surface area (Å²) in [6, 6.07) is 3.75. The average molecular weight is 263 g/mol. The van der Waals surface area contributed by atoms with Gasteiger partial charge < -0.3 is 15.0 Å². The second-order valence-electron chi connectivity index (χ2n) is 5.11. The summed E-state index contributed by atoms with van der Waals surface area (Å²) in [5.74, 6) is 0.509. The highest BCUT2D eigenvalue weighted by molar-refractivity contribution is 5.92. The second kappa shape index (κ2) is 6.02. The molecule has 1 N–H and O–H groups in total. The van der Waals surface area contributed by atoms with Crippen LogP contribution < -0.4 is 10.2 Å². The molecule has 1 aromatic heterocycles. The van der Waals surface area contributed by atoms with Crippen LogP contribution in [0.2, 0.25) is 0 Å². The van der Waals surface area contributed by atoms with Crippen molar-refractivity contribution in [2.45, 2.75) is 25.9 Å². The Balaban J connectivity index is 1.98. The van der Waals surface area contributed by atoms with Crippen molar-refractivity contribution in [1.82, 2.24) is 4.98 Å². The van der Waals surface area contributed by atoms with Gasteiger partial charge in [0.05, 0.1) is 23.9 Å². The summed E-state index contributed by atoms with van der Waals surface area (Å²) >= 11 is 0. The molecule has 104 valence electrons. The molecule has 1 aromatic rings. The molecule has 2 atom stereocenters. The molecule has 5 heteroatoms. The zero-order chi connectivity index (χ0) is 13.8. The van der Waals surface area contributed by atoms with Crippen LogP contribution in [-0.4, -0.2) is 37.7 Å². The largest absolute Gasteiger partial charge is 0.378 e. The quantitative estimate of drug-likeness (QED) is 0.905. The SMILES string of the molecule is C[C@@H]1OCCC[C@H]1C(=O)Nc1ccc(N(C)C)cn1. The number of carbonyl (C=O) groups excluding carboxylic acids is 1. The fourth-order valence-electron chi connectivity index (χ4n) is 2.21. The van der Waals surface area contributed by atoms with Gasteiger partial charge in [0, 0.05) is 20.7 Å². The van der Waals surface area contributed by atoms with Crippen LogP contribution in [0.3, 0.4) is 0 Å². The first-order valence-corrected chi connectivity index (χ1v) is 6.64. The molecular weight excluding hydrogens is 242 g/mol. The Hall–Kier alpha value is -1.62. The van der Waals surface area contributed by atoms with Crippen molar-refractivity contribution in [3.05, 3.63) is 18.3 Å². The molecule has 2 rings (SSSR count). The molecule has 1 saturated heterocycles. The summed E-state index contributed by atoms with van der Waals surface area (Å²) in [5, 5.41) is 2.86. The third-order valence-electron chi connectivity index (χ3n) is 3.46.